The number of rotatable bonds is 4. The fourth-order valence-electron chi connectivity index (χ4n) is 2.52. The molecule has 0 amide bonds. The van der Waals surface area contributed by atoms with Crippen LogP contribution in [0.4, 0.5) is 5.69 Å². The Morgan fingerprint density at radius 2 is 1.90 bits per heavy atom. The zero-order chi connectivity index (χ0) is 14.7. The van der Waals surface area contributed by atoms with Crippen molar-refractivity contribution in [1.82, 2.24) is 15.1 Å². The highest BCUT2D eigenvalue weighted by molar-refractivity contribution is 6.30. The summed E-state index contributed by atoms with van der Waals surface area (Å²) in [6.45, 7) is 6.67. The van der Waals surface area contributed by atoms with E-state index in [1.807, 2.05) is 25.1 Å². The second-order valence-electron chi connectivity index (χ2n) is 5.19. The highest BCUT2D eigenvalue weighted by Gasteiger charge is 2.19. The normalized spacial score (nSPS) is 16.4. The van der Waals surface area contributed by atoms with Crippen LogP contribution >= 0.6 is 11.6 Å². The molecule has 0 bridgehead atoms. The van der Waals surface area contributed by atoms with Crippen molar-refractivity contribution in [1.29, 1.82) is 0 Å². The zero-order valence-corrected chi connectivity index (χ0v) is 12.9. The van der Waals surface area contributed by atoms with E-state index < -0.39 is 0 Å². The molecule has 0 N–H and O–H groups in total. The largest absolute Gasteiger partial charge is 0.424 e. The second kappa shape index (κ2) is 6.45. The summed E-state index contributed by atoms with van der Waals surface area (Å²) in [7, 11) is 0. The summed E-state index contributed by atoms with van der Waals surface area (Å²) in [6.07, 6.45) is 0.787. The van der Waals surface area contributed by atoms with Gasteiger partial charge in [0, 0.05) is 43.3 Å². The summed E-state index contributed by atoms with van der Waals surface area (Å²) in [6, 6.07) is 8.02. The molecule has 112 valence electrons. The Morgan fingerprint density at radius 3 is 2.57 bits per heavy atom. The fraction of sp³-hybridized carbons (Fsp3) is 0.467. The lowest BCUT2D eigenvalue weighted by Gasteiger charge is -2.35. The average molecular weight is 307 g/mol. The molecule has 1 aliphatic rings. The number of piperazine rings is 1. The maximum atomic E-state index is 6.05. The number of hydrogen-bond donors (Lipinski definition) is 0. The Balaban J connectivity index is 1.55. The van der Waals surface area contributed by atoms with Crippen LogP contribution in [0.5, 0.6) is 0 Å². The first kappa shape index (κ1) is 14.4. The first-order valence-corrected chi connectivity index (χ1v) is 7.66. The minimum atomic E-state index is 0.711. The van der Waals surface area contributed by atoms with E-state index in [9.17, 15) is 0 Å². The van der Waals surface area contributed by atoms with E-state index >= 15 is 0 Å². The van der Waals surface area contributed by atoms with Gasteiger partial charge in [0.1, 0.15) is 0 Å². The lowest BCUT2D eigenvalue weighted by molar-refractivity contribution is 0.224. The predicted octanol–water partition coefficient (Wildman–Crippen LogP) is 2.61. The van der Waals surface area contributed by atoms with Gasteiger partial charge in [-0.15, -0.1) is 10.2 Å². The number of aromatic nitrogens is 2. The lowest BCUT2D eigenvalue weighted by atomic mass is 10.2. The molecule has 3 rings (SSSR count). The van der Waals surface area contributed by atoms with Crippen LogP contribution in [-0.4, -0.2) is 41.3 Å². The molecule has 0 radical (unpaired) electrons. The van der Waals surface area contributed by atoms with Gasteiger partial charge < -0.3 is 9.32 Å². The van der Waals surface area contributed by atoms with Crippen molar-refractivity contribution >= 4 is 17.3 Å². The van der Waals surface area contributed by atoms with E-state index in [2.05, 4.69) is 26.1 Å². The van der Waals surface area contributed by atoms with Gasteiger partial charge >= 0.3 is 0 Å². The molecule has 0 spiro atoms. The van der Waals surface area contributed by atoms with E-state index in [1.165, 1.54) is 5.69 Å². The summed E-state index contributed by atoms with van der Waals surface area (Å²) in [4.78, 5) is 4.70. The van der Waals surface area contributed by atoms with Gasteiger partial charge in [-0.1, -0.05) is 24.6 Å². The molecular formula is C15H19ClN4O. The van der Waals surface area contributed by atoms with E-state index in [0.717, 1.165) is 44.2 Å². The van der Waals surface area contributed by atoms with E-state index in [0.29, 0.717) is 11.8 Å². The first-order valence-electron chi connectivity index (χ1n) is 7.28. The number of nitrogens with zero attached hydrogens (tertiary/aromatic N) is 4. The van der Waals surface area contributed by atoms with Gasteiger partial charge in [0.15, 0.2) is 0 Å². The van der Waals surface area contributed by atoms with E-state index in [4.69, 9.17) is 16.0 Å². The highest BCUT2D eigenvalue weighted by atomic mass is 35.5. The predicted molar refractivity (Wildman–Crippen MR) is 82.6 cm³/mol. The molecule has 1 aromatic heterocycles. The van der Waals surface area contributed by atoms with Crippen molar-refractivity contribution in [3.05, 3.63) is 41.1 Å². The Hall–Kier alpha value is -1.59. The third-order valence-electron chi connectivity index (χ3n) is 3.72. The molecule has 0 saturated carbocycles. The van der Waals surface area contributed by atoms with Crippen LogP contribution in [0.1, 0.15) is 18.7 Å². The molecular weight excluding hydrogens is 288 g/mol. The van der Waals surface area contributed by atoms with E-state index in [1.54, 1.807) is 0 Å². The third kappa shape index (κ3) is 3.54. The van der Waals surface area contributed by atoms with Gasteiger partial charge in [0.25, 0.3) is 0 Å². The minimum absolute atomic E-state index is 0.711. The van der Waals surface area contributed by atoms with Gasteiger partial charge in [0.2, 0.25) is 11.8 Å². The first-order chi connectivity index (χ1) is 10.2. The van der Waals surface area contributed by atoms with Crippen LogP contribution in [0.15, 0.2) is 28.7 Å². The number of anilines is 1. The van der Waals surface area contributed by atoms with Crippen molar-refractivity contribution in [2.75, 3.05) is 31.1 Å². The minimum Gasteiger partial charge on any atom is -0.424 e. The molecule has 21 heavy (non-hydrogen) atoms. The van der Waals surface area contributed by atoms with Crippen LogP contribution in [0.2, 0.25) is 5.02 Å². The molecule has 0 unspecified atom stereocenters. The van der Waals surface area contributed by atoms with Gasteiger partial charge in [-0.2, -0.15) is 0 Å². The standard InChI is InChI=1S/C15H19ClN4O/c1-2-14-17-18-15(21-14)11-19-6-8-20(9-7-19)13-5-3-4-12(16)10-13/h3-5,10H,2,6-9,11H2,1H3. The maximum Gasteiger partial charge on any atom is 0.230 e. The van der Waals surface area contributed by atoms with E-state index in [-0.39, 0.29) is 0 Å². The molecule has 2 heterocycles. The van der Waals surface area contributed by atoms with Crippen molar-refractivity contribution < 1.29 is 4.42 Å². The summed E-state index contributed by atoms with van der Waals surface area (Å²) in [5, 5.41) is 8.87. The Bertz CT molecular complexity index is 593. The Kier molecular flexibility index (Phi) is 4.41. The molecule has 6 heteroatoms. The second-order valence-corrected chi connectivity index (χ2v) is 5.62. The quantitative estimate of drug-likeness (QED) is 0.869. The van der Waals surface area contributed by atoms with Gasteiger partial charge in [-0.25, -0.2) is 0 Å². The van der Waals surface area contributed by atoms with Crippen LogP contribution in [-0.2, 0) is 13.0 Å². The van der Waals surface area contributed by atoms with Crippen molar-refractivity contribution in [2.45, 2.75) is 19.9 Å². The smallest absolute Gasteiger partial charge is 0.230 e. The highest BCUT2D eigenvalue weighted by Crippen LogP contribution is 2.21. The van der Waals surface area contributed by atoms with Crippen molar-refractivity contribution in [2.24, 2.45) is 0 Å². The third-order valence-corrected chi connectivity index (χ3v) is 3.95. The number of benzene rings is 1. The summed E-state index contributed by atoms with van der Waals surface area (Å²) in [5.41, 5.74) is 1.19. The maximum absolute atomic E-state index is 6.05. The van der Waals surface area contributed by atoms with Crippen LogP contribution in [0, 0.1) is 0 Å². The number of aryl methyl sites for hydroxylation is 1. The van der Waals surface area contributed by atoms with Gasteiger partial charge in [0.05, 0.1) is 6.54 Å². The molecule has 1 aliphatic heterocycles. The fourth-order valence-corrected chi connectivity index (χ4v) is 2.71. The molecule has 1 saturated heterocycles. The zero-order valence-electron chi connectivity index (χ0n) is 12.1. The average Bonchev–Trinajstić information content (AvgIpc) is 2.96. The molecule has 0 atom stereocenters. The van der Waals surface area contributed by atoms with Crippen molar-refractivity contribution in [3.63, 3.8) is 0 Å². The van der Waals surface area contributed by atoms with Crippen LogP contribution in [0.25, 0.3) is 0 Å². The lowest BCUT2D eigenvalue weighted by Crippen LogP contribution is -2.46. The summed E-state index contributed by atoms with van der Waals surface area (Å²) in [5.74, 6) is 1.42. The molecule has 0 aliphatic carbocycles. The molecule has 1 fully saturated rings. The summed E-state index contributed by atoms with van der Waals surface area (Å²) < 4.78 is 5.57. The van der Waals surface area contributed by atoms with Gasteiger partial charge in [-0.3, -0.25) is 4.90 Å². The summed E-state index contributed by atoms with van der Waals surface area (Å²) >= 11 is 6.05. The Morgan fingerprint density at radius 1 is 1.14 bits per heavy atom. The topological polar surface area (TPSA) is 45.4 Å². The monoisotopic (exact) mass is 306 g/mol. The number of halogens is 1. The van der Waals surface area contributed by atoms with Crippen molar-refractivity contribution in [3.8, 4) is 0 Å². The molecule has 5 nitrogen and oxygen atoms in total. The van der Waals surface area contributed by atoms with Gasteiger partial charge in [-0.05, 0) is 18.2 Å². The van der Waals surface area contributed by atoms with Crippen LogP contribution in [0.3, 0.4) is 0 Å². The SMILES string of the molecule is CCc1nnc(CN2CCN(c3cccc(Cl)c3)CC2)o1. The molecule has 2 aromatic rings. The molecule has 1 aromatic carbocycles. The number of hydrogen-bond acceptors (Lipinski definition) is 5. The van der Waals surface area contributed by atoms with Crippen LogP contribution < -0.4 is 4.90 Å². The Labute approximate surface area is 129 Å².